The van der Waals surface area contributed by atoms with Crippen molar-refractivity contribution in [2.75, 3.05) is 6.61 Å². The average Bonchev–Trinajstić information content (AvgIpc) is 2.43. The largest absolute Gasteiger partial charge is 0.396 e. The maximum atomic E-state index is 13.8. The zero-order chi connectivity index (χ0) is 14.5. The van der Waals surface area contributed by atoms with Crippen LogP contribution in [0.2, 0.25) is 5.02 Å². The molecule has 0 aliphatic heterocycles. The molecule has 20 heavy (non-hydrogen) atoms. The Bertz CT molecular complexity index is 566. The summed E-state index contributed by atoms with van der Waals surface area (Å²) in [6.45, 7) is 2.08. The summed E-state index contributed by atoms with van der Waals surface area (Å²) in [5.74, 6) is -0.298. The molecule has 0 saturated carbocycles. The molecule has 106 valence electrons. The highest BCUT2D eigenvalue weighted by atomic mass is 35.5. The molecule has 1 N–H and O–H groups in total. The monoisotopic (exact) mass is 292 g/mol. The van der Waals surface area contributed by atoms with Gasteiger partial charge in [-0.05, 0) is 48.9 Å². The van der Waals surface area contributed by atoms with E-state index < -0.39 is 0 Å². The third-order valence-corrected chi connectivity index (χ3v) is 3.66. The van der Waals surface area contributed by atoms with Crippen LogP contribution in [-0.2, 0) is 12.8 Å². The fourth-order valence-electron chi connectivity index (χ4n) is 2.26. The van der Waals surface area contributed by atoms with Crippen molar-refractivity contribution in [2.45, 2.75) is 19.8 Å². The van der Waals surface area contributed by atoms with Gasteiger partial charge in [-0.3, -0.25) is 0 Å². The fraction of sp³-hybridized carbons (Fsp3) is 0.294. The van der Waals surface area contributed by atoms with Crippen LogP contribution in [-0.4, -0.2) is 11.7 Å². The molecule has 1 nitrogen and oxygen atoms in total. The molecule has 1 atom stereocenters. The minimum absolute atomic E-state index is 0.00776. The van der Waals surface area contributed by atoms with Gasteiger partial charge in [-0.1, -0.05) is 47.5 Å². The number of rotatable bonds is 5. The molecule has 1 unspecified atom stereocenters. The Hall–Kier alpha value is -1.38. The molecule has 0 radical (unpaired) electrons. The molecular weight excluding hydrogens is 275 g/mol. The highest BCUT2D eigenvalue weighted by Gasteiger charge is 2.13. The molecule has 0 saturated heterocycles. The standard InChI is InChI=1S/C17H18ClFO/c1-12-2-4-13(5-3-12)8-14(11-20)9-15-6-7-16(18)10-17(15)19/h2-7,10,14,20H,8-9,11H2,1H3. The van der Waals surface area contributed by atoms with E-state index in [0.29, 0.717) is 17.0 Å². The molecule has 0 aliphatic carbocycles. The summed E-state index contributed by atoms with van der Waals surface area (Å²) < 4.78 is 13.8. The predicted molar refractivity (Wildman–Crippen MR) is 80.6 cm³/mol. The summed E-state index contributed by atoms with van der Waals surface area (Å²) in [6, 6.07) is 12.9. The molecule has 0 spiro atoms. The van der Waals surface area contributed by atoms with Crippen molar-refractivity contribution in [1.29, 1.82) is 0 Å². The van der Waals surface area contributed by atoms with Crippen molar-refractivity contribution >= 4 is 11.6 Å². The highest BCUT2D eigenvalue weighted by Crippen LogP contribution is 2.20. The molecule has 2 rings (SSSR count). The lowest BCUT2D eigenvalue weighted by Gasteiger charge is -2.15. The zero-order valence-electron chi connectivity index (χ0n) is 11.4. The van der Waals surface area contributed by atoms with Crippen LogP contribution in [0.25, 0.3) is 0 Å². The van der Waals surface area contributed by atoms with Crippen LogP contribution in [0.4, 0.5) is 4.39 Å². The van der Waals surface area contributed by atoms with Crippen LogP contribution >= 0.6 is 11.6 Å². The molecule has 0 bridgehead atoms. The first-order valence-corrected chi connectivity index (χ1v) is 7.06. The van der Waals surface area contributed by atoms with Gasteiger partial charge in [0.2, 0.25) is 0 Å². The van der Waals surface area contributed by atoms with Gasteiger partial charge in [0.15, 0.2) is 0 Å². The van der Waals surface area contributed by atoms with Crippen LogP contribution in [0.3, 0.4) is 0 Å². The Labute approximate surface area is 124 Å². The SMILES string of the molecule is Cc1ccc(CC(CO)Cc2ccc(Cl)cc2F)cc1. The first-order chi connectivity index (χ1) is 9.58. The third kappa shape index (κ3) is 4.06. The quantitative estimate of drug-likeness (QED) is 0.876. The maximum absolute atomic E-state index is 13.8. The molecule has 0 fully saturated rings. The van der Waals surface area contributed by atoms with Crippen LogP contribution < -0.4 is 0 Å². The second kappa shape index (κ2) is 6.87. The Balaban J connectivity index is 2.07. The minimum Gasteiger partial charge on any atom is -0.396 e. The summed E-state index contributed by atoms with van der Waals surface area (Å²) in [7, 11) is 0. The van der Waals surface area contributed by atoms with E-state index in [9.17, 15) is 9.50 Å². The minimum atomic E-state index is -0.306. The Kier molecular flexibility index (Phi) is 5.16. The Morgan fingerprint density at radius 1 is 1.10 bits per heavy atom. The lowest BCUT2D eigenvalue weighted by Crippen LogP contribution is -2.13. The van der Waals surface area contributed by atoms with E-state index in [0.717, 1.165) is 12.0 Å². The normalized spacial score (nSPS) is 12.4. The number of benzene rings is 2. The van der Waals surface area contributed by atoms with Gasteiger partial charge in [0, 0.05) is 11.6 Å². The van der Waals surface area contributed by atoms with Crippen LogP contribution in [0.5, 0.6) is 0 Å². The molecule has 2 aromatic carbocycles. The van der Waals surface area contributed by atoms with Gasteiger partial charge in [0.1, 0.15) is 5.82 Å². The summed E-state index contributed by atoms with van der Waals surface area (Å²) in [4.78, 5) is 0. The lowest BCUT2D eigenvalue weighted by molar-refractivity contribution is 0.224. The first-order valence-electron chi connectivity index (χ1n) is 6.69. The number of aliphatic hydroxyl groups is 1. The van der Waals surface area contributed by atoms with Crippen LogP contribution in [0.1, 0.15) is 16.7 Å². The van der Waals surface area contributed by atoms with Gasteiger partial charge in [0.05, 0.1) is 0 Å². The van der Waals surface area contributed by atoms with Gasteiger partial charge >= 0.3 is 0 Å². The van der Waals surface area contributed by atoms with E-state index in [-0.39, 0.29) is 18.3 Å². The third-order valence-electron chi connectivity index (χ3n) is 3.43. The van der Waals surface area contributed by atoms with Gasteiger partial charge in [-0.15, -0.1) is 0 Å². The number of aliphatic hydroxyl groups excluding tert-OH is 1. The number of halogens is 2. The molecular formula is C17H18ClFO. The molecule has 2 aromatic rings. The second-order valence-corrected chi connectivity index (χ2v) is 5.61. The van der Waals surface area contributed by atoms with Gasteiger partial charge in [-0.25, -0.2) is 4.39 Å². The number of hydrogen-bond acceptors (Lipinski definition) is 1. The van der Waals surface area contributed by atoms with E-state index in [2.05, 4.69) is 12.1 Å². The molecule has 0 amide bonds. The van der Waals surface area contributed by atoms with Crippen molar-refractivity contribution in [3.05, 3.63) is 70.0 Å². The fourth-order valence-corrected chi connectivity index (χ4v) is 2.42. The molecule has 0 heterocycles. The molecule has 0 aliphatic rings. The first kappa shape index (κ1) is 15.0. The van der Waals surface area contributed by atoms with Crippen LogP contribution in [0.15, 0.2) is 42.5 Å². The van der Waals surface area contributed by atoms with E-state index in [1.807, 2.05) is 19.1 Å². The van der Waals surface area contributed by atoms with Crippen molar-refractivity contribution in [3.8, 4) is 0 Å². The second-order valence-electron chi connectivity index (χ2n) is 5.18. The molecule has 3 heteroatoms. The van der Waals surface area contributed by atoms with E-state index in [1.165, 1.54) is 11.6 Å². The van der Waals surface area contributed by atoms with Crippen molar-refractivity contribution in [2.24, 2.45) is 5.92 Å². The highest BCUT2D eigenvalue weighted by molar-refractivity contribution is 6.30. The number of aryl methyl sites for hydroxylation is 1. The van der Waals surface area contributed by atoms with E-state index >= 15 is 0 Å². The maximum Gasteiger partial charge on any atom is 0.127 e. The summed E-state index contributed by atoms with van der Waals surface area (Å²) in [6.07, 6.45) is 1.24. The van der Waals surface area contributed by atoms with Gasteiger partial charge in [-0.2, -0.15) is 0 Å². The summed E-state index contributed by atoms with van der Waals surface area (Å²) >= 11 is 5.74. The topological polar surface area (TPSA) is 20.2 Å². The van der Waals surface area contributed by atoms with Gasteiger partial charge < -0.3 is 5.11 Å². The smallest absolute Gasteiger partial charge is 0.127 e. The predicted octanol–water partition coefficient (Wildman–Crippen LogP) is 4.18. The van der Waals surface area contributed by atoms with Crippen molar-refractivity contribution in [1.82, 2.24) is 0 Å². The van der Waals surface area contributed by atoms with Crippen molar-refractivity contribution < 1.29 is 9.50 Å². The zero-order valence-corrected chi connectivity index (χ0v) is 12.2. The van der Waals surface area contributed by atoms with Crippen molar-refractivity contribution in [3.63, 3.8) is 0 Å². The number of hydrogen-bond donors (Lipinski definition) is 1. The average molecular weight is 293 g/mol. The van der Waals surface area contributed by atoms with E-state index in [4.69, 9.17) is 11.6 Å². The summed E-state index contributed by atoms with van der Waals surface area (Å²) in [5, 5.41) is 9.89. The van der Waals surface area contributed by atoms with E-state index in [1.54, 1.807) is 12.1 Å². The lowest BCUT2D eigenvalue weighted by atomic mass is 9.93. The van der Waals surface area contributed by atoms with Gasteiger partial charge in [0.25, 0.3) is 0 Å². The molecule has 0 aromatic heterocycles. The summed E-state index contributed by atoms with van der Waals surface area (Å²) in [5.41, 5.74) is 2.96. The van der Waals surface area contributed by atoms with Crippen LogP contribution in [0, 0.1) is 18.7 Å². The Morgan fingerprint density at radius 2 is 1.80 bits per heavy atom. The Morgan fingerprint density at radius 3 is 2.40 bits per heavy atom.